The van der Waals surface area contributed by atoms with Gasteiger partial charge in [0.25, 0.3) is 0 Å². The van der Waals surface area contributed by atoms with E-state index in [1.165, 1.54) is 18.2 Å². The van der Waals surface area contributed by atoms with E-state index in [1.54, 1.807) is 25.1 Å². The molecule has 0 fully saturated rings. The standard InChI is InChI=1S/C14H12F2O.2ClH/c1-10-2-3-11(8-14(10)16)9-17-13-6-4-12(15)5-7-13;;/h2-8H,9H2,1H3;2*1H. The Morgan fingerprint density at radius 1 is 0.947 bits per heavy atom. The zero-order chi connectivity index (χ0) is 12.3. The Morgan fingerprint density at radius 3 is 2.16 bits per heavy atom. The Kier molecular flexibility index (Phi) is 7.42. The summed E-state index contributed by atoms with van der Waals surface area (Å²) in [6.07, 6.45) is 0. The normalized spacial score (nSPS) is 9.21. The molecule has 0 bridgehead atoms. The van der Waals surface area contributed by atoms with E-state index >= 15 is 0 Å². The van der Waals surface area contributed by atoms with E-state index in [9.17, 15) is 8.78 Å². The fourth-order valence-electron chi connectivity index (χ4n) is 1.42. The summed E-state index contributed by atoms with van der Waals surface area (Å²) >= 11 is 0. The Morgan fingerprint density at radius 2 is 1.58 bits per heavy atom. The van der Waals surface area contributed by atoms with Gasteiger partial charge in [-0.1, -0.05) is 12.1 Å². The highest BCUT2D eigenvalue weighted by Gasteiger charge is 2.00. The van der Waals surface area contributed by atoms with E-state index < -0.39 is 0 Å². The Hall–Kier alpha value is -1.32. The molecule has 0 unspecified atom stereocenters. The van der Waals surface area contributed by atoms with Crippen LogP contribution in [0.4, 0.5) is 8.78 Å². The number of rotatable bonds is 3. The summed E-state index contributed by atoms with van der Waals surface area (Å²) in [6, 6.07) is 10.7. The smallest absolute Gasteiger partial charge is 0.126 e. The maximum Gasteiger partial charge on any atom is 0.126 e. The fraction of sp³-hybridized carbons (Fsp3) is 0.143. The van der Waals surface area contributed by atoms with E-state index in [0.717, 1.165) is 5.56 Å². The van der Waals surface area contributed by atoms with Crippen LogP contribution in [0.2, 0.25) is 0 Å². The van der Waals surface area contributed by atoms with Crippen LogP contribution in [-0.4, -0.2) is 0 Å². The predicted molar refractivity (Wildman–Crippen MR) is 76.4 cm³/mol. The van der Waals surface area contributed by atoms with Crippen molar-refractivity contribution in [1.29, 1.82) is 0 Å². The first kappa shape index (κ1) is 17.7. The number of hydrogen-bond donors (Lipinski definition) is 0. The van der Waals surface area contributed by atoms with Crippen LogP contribution in [0.1, 0.15) is 11.1 Å². The molecule has 0 atom stereocenters. The summed E-state index contributed by atoms with van der Waals surface area (Å²) < 4.78 is 31.3. The molecule has 0 saturated heterocycles. The van der Waals surface area contributed by atoms with E-state index in [-0.39, 0.29) is 43.1 Å². The maximum atomic E-state index is 13.3. The van der Waals surface area contributed by atoms with Gasteiger partial charge in [0.1, 0.15) is 24.0 Å². The lowest BCUT2D eigenvalue weighted by Crippen LogP contribution is -1.96. The van der Waals surface area contributed by atoms with E-state index in [4.69, 9.17) is 4.74 Å². The molecule has 0 aromatic heterocycles. The second kappa shape index (κ2) is 7.97. The molecule has 2 aromatic rings. The molecule has 2 aromatic carbocycles. The van der Waals surface area contributed by atoms with E-state index in [1.807, 2.05) is 6.07 Å². The highest BCUT2D eigenvalue weighted by Crippen LogP contribution is 2.15. The molecule has 19 heavy (non-hydrogen) atoms. The summed E-state index contributed by atoms with van der Waals surface area (Å²) in [6.45, 7) is 1.97. The van der Waals surface area contributed by atoms with Gasteiger partial charge < -0.3 is 4.74 Å². The molecule has 0 N–H and O–H groups in total. The van der Waals surface area contributed by atoms with Crippen LogP contribution in [0, 0.1) is 18.6 Å². The summed E-state index contributed by atoms with van der Waals surface area (Å²) in [5.74, 6) is 0.0105. The third-order valence-corrected chi connectivity index (χ3v) is 2.46. The molecule has 0 heterocycles. The van der Waals surface area contributed by atoms with E-state index in [2.05, 4.69) is 0 Å². The van der Waals surface area contributed by atoms with Gasteiger partial charge >= 0.3 is 0 Å². The first-order valence-corrected chi connectivity index (χ1v) is 5.28. The number of aryl methyl sites for hydroxylation is 1. The number of ether oxygens (including phenoxy) is 1. The zero-order valence-electron chi connectivity index (χ0n) is 10.2. The van der Waals surface area contributed by atoms with Gasteiger partial charge in [0.2, 0.25) is 0 Å². The van der Waals surface area contributed by atoms with Crippen molar-refractivity contribution < 1.29 is 13.5 Å². The van der Waals surface area contributed by atoms with Gasteiger partial charge in [-0.05, 0) is 48.4 Å². The van der Waals surface area contributed by atoms with Crippen LogP contribution in [0.15, 0.2) is 42.5 Å². The maximum absolute atomic E-state index is 13.3. The van der Waals surface area contributed by atoms with Crippen LogP contribution in [0.3, 0.4) is 0 Å². The van der Waals surface area contributed by atoms with Crippen molar-refractivity contribution in [3.63, 3.8) is 0 Å². The van der Waals surface area contributed by atoms with Crippen molar-refractivity contribution in [3.8, 4) is 5.75 Å². The zero-order valence-corrected chi connectivity index (χ0v) is 11.9. The van der Waals surface area contributed by atoms with Crippen molar-refractivity contribution in [3.05, 3.63) is 65.2 Å². The van der Waals surface area contributed by atoms with Crippen LogP contribution >= 0.6 is 24.8 Å². The minimum Gasteiger partial charge on any atom is -0.489 e. The van der Waals surface area contributed by atoms with Crippen molar-refractivity contribution >= 4 is 24.8 Å². The average molecular weight is 307 g/mol. The average Bonchev–Trinajstić information content (AvgIpc) is 2.33. The van der Waals surface area contributed by atoms with Crippen molar-refractivity contribution in [1.82, 2.24) is 0 Å². The molecule has 0 radical (unpaired) electrons. The first-order valence-electron chi connectivity index (χ1n) is 5.28. The number of halogens is 4. The van der Waals surface area contributed by atoms with Crippen molar-refractivity contribution in [2.24, 2.45) is 0 Å². The molecule has 0 aliphatic rings. The van der Waals surface area contributed by atoms with Crippen LogP contribution < -0.4 is 4.74 Å². The summed E-state index contributed by atoms with van der Waals surface area (Å²) in [5.41, 5.74) is 1.35. The third kappa shape index (κ3) is 5.05. The highest BCUT2D eigenvalue weighted by molar-refractivity contribution is 5.85. The molecule has 0 spiro atoms. The minimum atomic E-state index is -0.307. The van der Waals surface area contributed by atoms with Crippen LogP contribution in [0.5, 0.6) is 5.75 Å². The van der Waals surface area contributed by atoms with Crippen LogP contribution in [-0.2, 0) is 6.61 Å². The van der Waals surface area contributed by atoms with E-state index in [0.29, 0.717) is 11.3 Å². The molecule has 0 amide bonds. The quantitative estimate of drug-likeness (QED) is 0.799. The van der Waals surface area contributed by atoms with Gasteiger partial charge in [-0.2, -0.15) is 0 Å². The lowest BCUT2D eigenvalue weighted by Gasteiger charge is -2.07. The molecule has 2 rings (SSSR count). The molecule has 0 aliphatic carbocycles. The van der Waals surface area contributed by atoms with Gasteiger partial charge in [-0.3, -0.25) is 0 Å². The lowest BCUT2D eigenvalue weighted by atomic mass is 10.1. The molecule has 5 heteroatoms. The molecule has 0 saturated carbocycles. The van der Waals surface area contributed by atoms with Crippen molar-refractivity contribution in [2.45, 2.75) is 13.5 Å². The van der Waals surface area contributed by atoms with Gasteiger partial charge in [0, 0.05) is 0 Å². The molecular weight excluding hydrogens is 293 g/mol. The summed E-state index contributed by atoms with van der Waals surface area (Å²) in [4.78, 5) is 0. The molecule has 1 nitrogen and oxygen atoms in total. The fourth-order valence-corrected chi connectivity index (χ4v) is 1.42. The second-order valence-corrected chi connectivity index (χ2v) is 3.83. The highest BCUT2D eigenvalue weighted by atomic mass is 35.5. The third-order valence-electron chi connectivity index (χ3n) is 2.46. The molecular formula is C14H14Cl2F2O. The molecule has 104 valence electrons. The SMILES string of the molecule is Cc1ccc(COc2ccc(F)cc2)cc1F.Cl.Cl. The first-order chi connectivity index (χ1) is 8.15. The van der Waals surface area contributed by atoms with Gasteiger partial charge in [-0.15, -0.1) is 24.8 Å². The second-order valence-electron chi connectivity index (χ2n) is 3.83. The predicted octanol–water partition coefficient (Wildman–Crippen LogP) is 4.70. The largest absolute Gasteiger partial charge is 0.489 e. The Balaban J connectivity index is 0.00000162. The molecule has 0 aliphatic heterocycles. The Bertz CT molecular complexity index is 515. The lowest BCUT2D eigenvalue weighted by molar-refractivity contribution is 0.305. The van der Waals surface area contributed by atoms with Gasteiger partial charge in [0.05, 0.1) is 0 Å². The van der Waals surface area contributed by atoms with Gasteiger partial charge in [-0.25, -0.2) is 8.78 Å². The summed E-state index contributed by atoms with van der Waals surface area (Å²) in [7, 11) is 0. The minimum absolute atomic E-state index is 0. The van der Waals surface area contributed by atoms with Crippen LogP contribution in [0.25, 0.3) is 0 Å². The topological polar surface area (TPSA) is 9.23 Å². The van der Waals surface area contributed by atoms with Gasteiger partial charge in [0.15, 0.2) is 0 Å². The number of hydrogen-bond acceptors (Lipinski definition) is 1. The number of benzene rings is 2. The van der Waals surface area contributed by atoms with Crippen molar-refractivity contribution in [2.75, 3.05) is 0 Å². The summed E-state index contributed by atoms with van der Waals surface area (Å²) in [5, 5.41) is 0. The Labute approximate surface area is 123 Å². The monoisotopic (exact) mass is 306 g/mol.